The van der Waals surface area contributed by atoms with Crippen molar-refractivity contribution in [3.05, 3.63) is 29.8 Å². The first-order chi connectivity index (χ1) is 9.78. The maximum Gasteiger partial charge on any atom is 0.119 e. The van der Waals surface area contributed by atoms with Crippen molar-refractivity contribution in [2.75, 3.05) is 20.6 Å². The van der Waals surface area contributed by atoms with E-state index in [4.69, 9.17) is 4.74 Å². The van der Waals surface area contributed by atoms with E-state index in [0.29, 0.717) is 6.04 Å². The quantitative estimate of drug-likeness (QED) is 0.787. The summed E-state index contributed by atoms with van der Waals surface area (Å²) in [4.78, 5) is 2.28. The van der Waals surface area contributed by atoms with E-state index in [2.05, 4.69) is 83.2 Å². The Morgan fingerprint density at radius 3 is 2.14 bits per heavy atom. The number of benzene rings is 1. The van der Waals surface area contributed by atoms with Crippen LogP contribution < -0.4 is 10.1 Å². The van der Waals surface area contributed by atoms with Crippen molar-refractivity contribution < 1.29 is 4.74 Å². The molecule has 0 aromatic heterocycles. The van der Waals surface area contributed by atoms with Gasteiger partial charge in [-0.3, -0.25) is 0 Å². The van der Waals surface area contributed by atoms with Gasteiger partial charge in [-0.1, -0.05) is 19.1 Å². The van der Waals surface area contributed by atoms with Gasteiger partial charge in [0, 0.05) is 5.54 Å². The van der Waals surface area contributed by atoms with Crippen LogP contribution in [-0.2, 0) is 0 Å². The number of ether oxygens (including phenoxy) is 1. The Balaban J connectivity index is 2.98. The van der Waals surface area contributed by atoms with Crippen molar-refractivity contribution in [1.82, 2.24) is 10.2 Å². The summed E-state index contributed by atoms with van der Waals surface area (Å²) in [6.45, 7) is 11.9. The summed E-state index contributed by atoms with van der Waals surface area (Å²) in [5, 5.41) is 3.69. The molecule has 120 valence electrons. The van der Waals surface area contributed by atoms with E-state index in [1.54, 1.807) is 0 Å². The Labute approximate surface area is 130 Å². The first-order valence-electron chi connectivity index (χ1n) is 7.96. The van der Waals surface area contributed by atoms with Gasteiger partial charge in [-0.25, -0.2) is 0 Å². The molecule has 1 N–H and O–H groups in total. The summed E-state index contributed by atoms with van der Waals surface area (Å²) < 4.78 is 5.73. The minimum atomic E-state index is 0.0373. The van der Waals surface area contributed by atoms with Crippen molar-refractivity contribution in [2.45, 2.75) is 58.7 Å². The number of nitrogens with zero attached hydrogens (tertiary/aromatic N) is 1. The molecule has 0 fully saturated rings. The van der Waals surface area contributed by atoms with E-state index < -0.39 is 0 Å². The van der Waals surface area contributed by atoms with Gasteiger partial charge in [0.05, 0.1) is 12.1 Å². The van der Waals surface area contributed by atoms with E-state index in [9.17, 15) is 0 Å². The molecule has 0 bridgehead atoms. The Kier molecular flexibility index (Phi) is 6.69. The van der Waals surface area contributed by atoms with E-state index in [-0.39, 0.29) is 11.6 Å². The van der Waals surface area contributed by atoms with Gasteiger partial charge in [0.1, 0.15) is 5.75 Å². The second-order valence-electron chi connectivity index (χ2n) is 6.67. The Morgan fingerprint density at radius 1 is 1.14 bits per heavy atom. The van der Waals surface area contributed by atoms with Crippen LogP contribution in [0.4, 0.5) is 0 Å². The van der Waals surface area contributed by atoms with Crippen LogP contribution in [0, 0.1) is 0 Å². The molecule has 0 radical (unpaired) electrons. The number of hydrogen-bond acceptors (Lipinski definition) is 3. The van der Waals surface area contributed by atoms with Gasteiger partial charge in [-0.05, 0) is 72.5 Å². The zero-order valence-corrected chi connectivity index (χ0v) is 14.7. The molecule has 1 aromatic carbocycles. The topological polar surface area (TPSA) is 24.5 Å². The second kappa shape index (κ2) is 7.81. The van der Waals surface area contributed by atoms with Gasteiger partial charge < -0.3 is 15.0 Å². The molecular formula is C18H32N2O. The minimum Gasteiger partial charge on any atom is -0.491 e. The largest absolute Gasteiger partial charge is 0.491 e. The highest BCUT2D eigenvalue weighted by Crippen LogP contribution is 2.30. The number of likely N-dealkylation sites (N-methyl/N-ethyl adjacent to an activating group) is 1. The maximum atomic E-state index is 5.73. The van der Waals surface area contributed by atoms with E-state index in [0.717, 1.165) is 18.7 Å². The number of nitrogens with one attached hydrogen (secondary N) is 1. The van der Waals surface area contributed by atoms with Gasteiger partial charge >= 0.3 is 0 Å². The summed E-state index contributed by atoms with van der Waals surface area (Å²) in [5.41, 5.74) is 1.34. The Bertz CT molecular complexity index is 410. The standard InChI is InChI=1S/C18H32N2O/c1-8-13-19-17(18(4,5)20(6)7)15-9-11-16(12-10-15)21-14(2)3/h9-12,14,17,19H,8,13H2,1-7H3. The van der Waals surface area contributed by atoms with Gasteiger partial charge in [0.15, 0.2) is 0 Å². The molecule has 1 rings (SSSR count). The molecule has 0 aliphatic heterocycles. The molecule has 3 nitrogen and oxygen atoms in total. The Morgan fingerprint density at radius 2 is 1.71 bits per heavy atom. The lowest BCUT2D eigenvalue weighted by Gasteiger charge is -2.41. The van der Waals surface area contributed by atoms with Gasteiger partial charge in [0.25, 0.3) is 0 Å². The van der Waals surface area contributed by atoms with Crippen molar-refractivity contribution in [3.8, 4) is 5.75 Å². The van der Waals surface area contributed by atoms with Crippen LogP contribution in [0.25, 0.3) is 0 Å². The first kappa shape index (κ1) is 18.0. The molecule has 1 aromatic rings. The van der Waals surface area contributed by atoms with Gasteiger partial charge in [0.2, 0.25) is 0 Å². The predicted molar refractivity (Wildman–Crippen MR) is 91.0 cm³/mol. The van der Waals surface area contributed by atoms with Crippen LogP contribution in [0.5, 0.6) is 5.75 Å². The van der Waals surface area contributed by atoms with Crippen LogP contribution in [0.2, 0.25) is 0 Å². The van der Waals surface area contributed by atoms with Crippen molar-refractivity contribution in [3.63, 3.8) is 0 Å². The van der Waals surface area contributed by atoms with E-state index in [1.807, 2.05) is 0 Å². The van der Waals surface area contributed by atoms with Crippen LogP contribution in [-0.4, -0.2) is 37.2 Å². The third-order valence-corrected chi connectivity index (χ3v) is 4.04. The summed E-state index contributed by atoms with van der Waals surface area (Å²) in [6.07, 6.45) is 1.34. The molecule has 0 saturated carbocycles. The van der Waals surface area contributed by atoms with E-state index in [1.165, 1.54) is 5.56 Å². The summed E-state index contributed by atoms with van der Waals surface area (Å²) in [5.74, 6) is 0.936. The van der Waals surface area contributed by atoms with Gasteiger partial charge in [-0.2, -0.15) is 0 Å². The number of hydrogen-bond donors (Lipinski definition) is 1. The molecule has 0 heterocycles. The summed E-state index contributed by atoms with van der Waals surface area (Å²) in [7, 11) is 4.27. The lowest BCUT2D eigenvalue weighted by atomic mass is 9.87. The summed E-state index contributed by atoms with van der Waals surface area (Å²) >= 11 is 0. The molecule has 0 aliphatic carbocycles. The second-order valence-corrected chi connectivity index (χ2v) is 6.67. The van der Waals surface area contributed by atoms with Gasteiger partial charge in [-0.15, -0.1) is 0 Å². The van der Waals surface area contributed by atoms with Crippen LogP contribution in [0.1, 0.15) is 52.6 Å². The fraction of sp³-hybridized carbons (Fsp3) is 0.667. The van der Waals surface area contributed by atoms with Crippen LogP contribution in [0.15, 0.2) is 24.3 Å². The highest BCUT2D eigenvalue weighted by molar-refractivity contribution is 5.31. The normalized spacial score (nSPS) is 13.8. The molecule has 0 saturated heterocycles. The lowest BCUT2D eigenvalue weighted by Crippen LogP contribution is -2.49. The number of rotatable bonds is 8. The molecule has 21 heavy (non-hydrogen) atoms. The third kappa shape index (κ3) is 5.01. The highest BCUT2D eigenvalue weighted by Gasteiger charge is 2.32. The van der Waals surface area contributed by atoms with E-state index >= 15 is 0 Å². The smallest absolute Gasteiger partial charge is 0.119 e. The summed E-state index contributed by atoms with van der Waals surface area (Å²) in [6, 6.07) is 8.79. The third-order valence-electron chi connectivity index (χ3n) is 4.04. The van der Waals surface area contributed by atoms with Crippen LogP contribution in [0.3, 0.4) is 0 Å². The fourth-order valence-corrected chi connectivity index (χ4v) is 2.33. The minimum absolute atomic E-state index is 0.0373. The fourth-order valence-electron chi connectivity index (χ4n) is 2.33. The highest BCUT2D eigenvalue weighted by atomic mass is 16.5. The molecular weight excluding hydrogens is 260 g/mol. The average molecular weight is 292 g/mol. The molecule has 1 atom stereocenters. The lowest BCUT2D eigenvalue weighted by molar-refractivity contribution is 0.138. The molecule has 0 aliphatic rings. The zero-order chi connectivity index (χ0) is 16.0. The monoisotopic (exact) mass is 292 g/mol. The van der Waals surface area contributed by atoms with Crippen molar-refractivity contribution in [1.29, 1.82) is 0 Å². The van der Waals surface area contributed by atoms with Crippen LogP contribution >= 0.6 is 0 Å². The average Bonchev–Trinajstić information content (AvgIpc) is 2.40. The molecule has 3 heteroatoms. The zero-order valence-electron chi connectivity index (χ0n) is 14.7. The maximum absolute atomic E-state index is 5.73. The van der Waals surface area contributed by atoms with Crippen molar-refractivity contribution in [2.24, 2.45) is 0 Å². The SMILES string of the molecule is CCCNC(c1ccc(OC(C)C)cc1)C(C)(C)N(C)C. The molecule has 0 spiro atoms. The van der Waals surface area contributed by atoms with Crippen molar-refractivity contribution >= 4 is 0 Å². The molecule has 0 amide bonds. The Hall–Kier alpha value is -1.06. The first-order valence-corrected chi connectivity index (χ1v) is 7.96. The predicted octanol–water partition coefficient (Wildman–Crippen LogP) is 3.85. The molecule has 1 unspecified atom stereocenters.